The Bertz CT molecular complexity index is 666. The average Bonchev–Trinajstić information content (AvgIpc) is 2.87. The van der Waals surface area contributed by atoms with E-state index in [1.54, 1.807) is 18.2 Å². The molecular formula is C14H16F3N3O2. The normalized spacial score (nSPS) is 14.8. The molecule has 1 unspecified atom stereocenters. The number of aryl methyl sites for hydroxylation is 2. The molecule has 8 heteroatoms. The second-order valence-corrected chi connectivity index (χ2v) is 5.35. The van der Waals surface area contributed by atoms with E-state index < -0.39 is 18.2 Å². The molecule has 5 nitrogen and oxygen atoms in total. The lowest BCUT2D eigenvalue weighted by atomic mass is 10.00. The summed E-state index contributed by atoms with van der Waals surface area (Å²) >= 11 is 0. The quantitative estimate of drug-likeness (QED) is 0.847. The molecule has 0 aliphatic rings. The average molecular weight is 315 g/mol. The summed E-state index contributed by atoms with van der Waals surface area (Å²) in [5.41, 5.74) is 5.06. The Hall–Kier alpha value is -2.09. The van der Waals surface area contributed by atoms with Crippen LogP contribution in [0.5, 0.6) is 0 Å². The Balaban J connectivity index is 2.10. The van der Waals surface area contributed by atoms with Gasteiger partial charge in [-0.3, -0.25) is 0 Å². The van der Waals surface area contributed by atoms with Crippen LogP contribution < -0.4 is 5.73 Å². The van der Waals surface area contributed by atoms with Crippen LogP contribution in [0, 0.1) is 6.92 Å². The van der Waals surface area contributed by atoms with Crippen molar-refractivity contribution in [1.29, 1.82) is 0 Å². The maximum Gasteiger partial charge on any atom is 0.416 e. The van der Waals surface area contributed by atoms with Crippen LogP contribution in [-0.4, -0.2) is 27.0 Å². The van der Waals surface area contributed by atoms with Crippen molar-refractivity contribution in [3.8, 4) is 11.4 Å². The van der Waals surface area contributed by atoms with Crippen molar-refractivity contribution in [3.05, 3.63) is 29.7 Å². The van der Waals surface area contributed by atoms with E-state index >= 15 is 0 Å². The van der Waals surface area contributed by atoms with Crippen LogP contribution in [-0.2, 0) is 6.42 Å². The number of nitrogen functional groups attached to an aromatic ring is 1. The van der Waals surface area contributed by atoms with Crippen LogP contribution >= 0.6 is 0 Å². The summed E-state index contributed by atoms with van der Waals surface area (Å²) in [7, 11) is 0. The molecule has 22 heavy (non-hydrogen) atoms. The van der Waals surface area contributed by atoms with E-state index in [2.05, 4.69) is 10.1 Å². The van der Waals surface area contributed by atoms with Crippen molar-refractivity contribution in [3.63, 3.8) is 0 Å². The molecule has 0 saturated carbocycles. The van der Waals surface area contributed by atoms with Gasteiger partial charge in [-0.15, -0.1) is 0 Å². The lowest BCUT2D eigenvalue weighted by Gasteiger charge is -2.25. The number of rotatable bonds is 4. The van der Waals surface area contributed by atoms with Gasteiger partial charge in [0.15, 0.2) is 5.60 Å². The van der Waals surface area contributed by atoms with Gasteiger partial charge in [0.1, 0.15) is 0 Å². The summed E-state index contributed by atoms with van der Waals surface area (Å²) in [6.07, 6.45) is -5.45. The van der Waals surface area contributed by atoms with Crippen LogP contribution in [0.4, 0.5) is 18.9 Å². The molecule has 120 valence electrons. The minimum atomic E-state index is -4.71. The zero-order valence-electron chi connectivity index (χ0n) is 12.1. The zero-order chi connectivity index (χ0) is 16.5. The van der Waals surface area contributed by atoms with E-state index in [0.29, 0.717) is 18.2 Å². The van der Waals surface area contributed by atoms with Gasteiger partial charge < -0.3 is 15.4 Å². The van der Waals surface area contributed by atoms with E-state index in [4.69, 9.17) is 10.3 Å². The number of nitrogens with zero attached hydrogens (tertiary/aromatic N) is 2. The van der Waals surface area contributed by atoms with Gasteiger partial charge in [-0.2, -0.15) is 18.2 Å². The van der Waals surface area contributed by atoms with Crippen LogP contribution in [0.1, 0.15) is 24.8 Å². The third-order valence-electron chi connectivity index (χ3n) is 3.44. The fraction of sp³-hybridized carbons (Fsp3) is 0.429. The van der Waals surface area contributed by atoms with Gasteiger partial charge >= 0.3 is 6.18 Å². The maximum absolute atomic E-state index is 12.6. The van der Waals surface area contributed by atoms with E-state index in [1.807, 2.05) is 6.92 Å². The van der Waals surface area contributed by atoms with Crippen molar-refractivity contribution in [2.24, 2.45) is 0 Å². The molecule has 3 N–H and O–H groups in total. The van der Waals surface area contributed by atoms with Crippen molar-refractivity contribution in [2.45, 2.75) is 38.5 Å². The van der Waals surface area contributed by atoms with Gasteiger partial charge in [-0.25, -0.2) is 0 Å². The first kappa shape index (κ1) is 16.3. The Morgan fingerprint density at radius 1 is 1.32 bits per heavy atom. The van der Waals surface area contributed by atoms with Crippen LogP contribution in [0.25, 0.3) is 11.4 Å². The predicted octanol–water partition coefficient (Wildman–Crippen LogP) is 2.87. The molecule has 0 fully saturated rings. The van der Waals surface area contributed by atoms with Gasteiger partial charge in [0, 0.05) is 17.7 Å². The second-order valence-electron chi connectivity index (χ2n) is 5.35. The summed E-state index contributed by atoms with van der Waals surface area (Å²) < 4.78 is 42.6. The molecule has 0 bridgehead atoms. The lowest BCUT2D eigenvalue weighted by Crippen LogP contribution is -2.42. The molecule has 0 amide bonds. The van der Waals surface area contributed by atoms with Gasteiger partial charge in [0.25, 0.3) is 0 Å². The summed E-state index contributed by atoms with van der Waals surface area (Å²) in [4.78, 5) is 4.02. The third-order valence-corrected chi connectivity index (χ3v) is 3.44. The number of anilines is 1. The number of alkyl halides is 3. The topological polar surface area (TPSA) is 85.2 Å². The van der Waals surface area contributed by atoms with Crippen LogP contribution in [0.2, 0.25) is 0 Å². The molecule has 0 aliphatic carbocycles. The minimum absolute atomic E-state index is 0.0265. The molecule has 0 aliphatic heterocycles. The highest BCUT2D eigenvalue weighted by molar-refractivity contribution is 5.63. The minimum Gasteiger partial charge on any atom is -0.398 e. The molecule has 0 saturated heterocycles. The summed E-state index contributed by atoms with van der Waals surface area (Å²) in [5, 5.41) is 13.1. The van der Waals surface area contributed by atoms with Crippen LogP contribution in [0.15, 0.2) is 22.7 Å². The van der Waals surface area contributed by atoms with E-state index in [1.165, 1.54) is 0 Å². The summed E-state index contributed by atoms with van der Waals surface area (Å²) in [6, 6.07) is 5.19. The number of hydrogen-bond donors (Lipinski definition) is 2. The SMILES string of the molecule is Cc1ccc(-c2noc(CCC(C)(O)C(F)(F)F)n2)cc1N. The number of aliphatic hydroxyl groups is 1. The molecule has 1 atom stereocenters. The lowest BCUT2D eigenvalue weighted by molar-refractivity contribution is -0.255. The van der Waals surface area contributed by atoms with E-state index in [-0.39, 0.29) is 18.1 Å². The smallest absolute Gasteiger partial charge is 0.398 e. The summed E-state index contributed by atoms with van der Waals surface area (Å²) in [5.74, 6) is 0.270. The van der Waals surface area contributed by atoms with Gasteiger partial charge in [0.05, 0.1) is 0 Å². The zero-order valence-corrected chi connectivity index (χ0v) is 12.1. The van der Waals surface area contributed by atoms with Gasteiger partial charge in [-0.05, 0) is 31.9 Å². The highest BCUT2D eigenvalue weighted by Gasteiger charge is 2.49. The Morgan fingerprint density at radius 2 is 2.00 bits per heavy atom. The molecule has 1 aromatic carbocycles. The number of benzene rings is 1. The Kier molecular flexibility index (Phi) is 4.15. The first-order valence-electron chi connectivity index (χ1n) is 6.58. The van der Waals surface area contributed by atoms with Crippen molar-refractivity contribution in [1.82, 2.24) is 10.1 Å². The highest BCUT2D eigenvalue weighted by atomic mass is 19.4. The Labute approximate surface area is 124 Å². The molecule has 0 radical (unpaired) electrons. The summed E-state index contributed by atoms with van der Waals surface area (Å²) in [6.45, 7) is 2.56. The number of aromatic nitrogens is 2. The Morgan fingerprint density at radius 3 is 2.59 bits per heavy atom. The van der Waals surface area contributed by atoms with Crippen molar-refractivity contribution in [2.75, 3.05) is 5.73 Å². The number of nitrogens with two attached hydrogens (primary N) is 1. The fourth-order valence-corrected chi connectivity index (χ4v) is 1.75. The van der Waals surface area contributed by atoms with Gasteiger partial charge in [0.2, 0.25) is 11.7 Å². The molecule has 2 rings (SSSR count). The number of halogens is 3. The third kappa shape index (κ3) is 3.38. The second kappa shape index (κ2) is 5.60. The van der Waals surface area contributed by atoms with E-state index in [9.17, 15) is 18.3 Å². The molecule has 1 aromatic heterocycles. The first-order valence-corrected chi connectivity index (χ1v) is 6.58. The molecule has 1 heterocycles. The molecule has 2 aromatic rings. The molecule has 0 spiro atoms. The van der Waals surface area contributed by atoms with E-state index in [0.717, 1.165) is 5.56 Å². The standard InChI is InChI=1S/C14H16F3N3O2/c1-8-3-4-9(7-10(8)18)12-19-11(22-20-12)5-6-13(2,21)14(15,16)17/h3-4,7,21H,5-6,18H2,1-2H3. The highest BCUT2D eigenvalue weighted by Crippen LogP contribution is 2.33. The largest absolute Gasteiger partial charge is 0.416 e. The van der Waals surface area contributed by atoms with Crippen molar-refractivity contribution >= 4 is 5.69 Å². The maximum atomic E-state index is 12.6. The number of hydrogen-bond acceptors (Lipinski definition) is 5. The monoisotopic (exact) mass is 315 g/mol. The predicted molar refractivity (Wildman–Crippen MR) is 73.9 cm³/mol. The van der Waals surface area contributed by atoms with Crippen molar-refractivity contribution < 1.29 is 22.8 Å². The molecular weight excluding hydrogens is 299 g/mol. The first-order chi connectivity index (χ1) is 10.1. The fourth-order valence-electron chi connectivity index (χ4n) is 1.75. The van der Waals surface area contributed by atoms with Crippen LogP contribution in [0.3, 0.4) is 0 Å². The van der Waals surface area contributed by atoms with Gasteiger partial charge in [-0.1, -0.05) is 17.3 Å².